The zero-order valence-electron chi connectivity index (χ0n) is 9.64. The van der Waals surface area contributed by atoms with Gasteiger partial charge in [0.2, 0.25) is 0 Å². The van der Waals surface area contributed by atoms with Crippen molar-refractivity contribution in [2.24, 2.45) is 0 Å². The number of hydrogen-bond acceptors (Lipinski definition) is 1. The molecule has 14 heavy (non-hydrogen) atoms. The van der Waals surface area contributed by atoms with E-state index in [1.54, 1.807) is 0 Å². The van der Waals surface area contributed by atoms with Crippen molar-refractivity contribution in [1.29, 1.82) is 0 Å². The molecule has 0 bridgehead atoms. The van der Waals surface area contributed by atoms with Crippen LogP contribution >= 0.6 is 0 Å². The van der Waals surface area contributed by atoms with E-state index in [9.17, 15) is 0 Å². The predicted molar refractivity (Wildman–Crippen MR) is 52.4 cm³/mol. The minimum atomic E-state index is -0.194. The second kappa shape index (κ2) is 3.42. The molecule has 0 fully saturated rings. The number of hydrogen-bond donors (Lipinski definition) is 0. The maximum atomic E-state index is 5.98. The fourth-order valence-electron chi connectivity index (χ4n) is 2.18. The Bertz CT molecular complexity index is 309. The molecule has 0 saturated carbocycles. The third-order valence-corrected chi connectivity index (χ3v) is 2.62. The molecule has 0 N–H and O–H groups in total. The molecule has 1 aliphatic heterocycles. The number of benzene rings is 1. The van der Waals surface area contributed by atoms with Crippen molar-refractivity contribution in [3.8, 4) is 0 Å². The zero-order valence-corrected chi connectivity index (χ0v) is 9.64. The van der Waals surface area contributed by atoms with Crippen LogP contribution in [0, 0.1) is 6.07 Å². The maximum Gasteiger partial charge on any atom is 1.00 e. The largest absolute Gasteiger partial charge is 1.00 e. The van der Waals surface area contributed by atoms with Crippen molar-refractivity contribution in [3.05, 3.63) is 35.4 Å². The van der Waals surface area contributed by atoms with Gasteiger partial charge in [0.15, 0.2) is 0 Å². The molecule has 1 aromatic rings. The molecule has 0 saturated heterocycles. The van der Waals surface area contributed by atoms with Crippen molar-refractivity contribution >= 4 is 0 Å². The molecule has 1 aliphatic rings. The molecule has 1 aromatic carbocycles. The number of fused-ring (bicyclic) bond motifs is 1. The van der Waals surface area contributed by atoms with E-state index in [2.05, 4.69) is 39.8 Å². The minimum absolute atomic E-state index is 0. The molecule has 1 nitrogen and oxygen atoms in total. The minimum Gasteiger partial charge on any atom is -0.375 e. The summed E-state index contributed by atoms with van der Waals surface area (Å²) in [4.78, 5) is 0. The Kier molecular flexibility index (Phi) is 2.89. The Morgan fingerprint density at radius 1 is 1.14 bits per heavy atom. The SMILES string of the molecule is CC1(C)OC(C)(C)c2ccc[c-]c21.[Li+]. The van der Waals surface area contributed by atoms with Crippen LogP contribution in [0.4, 0.5) is 0 Å². The van der Waals surface area contributed by atoms with E-state index in [4.69, 9.17) is 4.74 Å². The van der Waals surface area contributed by atoms with Gasteiger partial charge in [0.1, 0.15) is 0 Å². The van der Waals surface area contributed by atoms with E-state index < -0.39 is 0 Å². The zero-order chi connectivity index (χ0) is 9.69. The van der Waals surface area contributed by atoms with Crippen LogP contribution in [0.5, 0.6) is 0 Å². The summed E-state index contributed by atoms with van der Waals surface area (Å²) < 4.78 is 5.98. The number of rotatable bonds is 0. The Labute approximate surface area is 98.0 Å². The first-order valence-electron chi connectivity index (χ1n) is 4.65. The summed E-state index contributed by atoms with van der Waals surface area (Å²) in [5.74, 6) is 0. The Morgan fingerprint density at radius 2 is 1.79 bits per heavy atom. The second-order valence-corrected chi connectivity index (χ2v) is 4.58. The van der Waals surface area contributed by atoms with Gasteiger partial charge < -0.3 is 4.74 Å². The Hall–Kier alpha value is -0.223. The summed E-state index contributed by atoms with van der Waals surface area (Å²) >= 11 is 0. The van der Waals surface area contributed by atoms with Gasteiger partial charge in [0, 0.05) is 5.60 Å². The molecular formula is C12H15LiO. The van der Waals surface area contributed by atoms with Crippen molar-refractivity contribution < 1.29 is 23.6 Å². The number of ether oxygens (including phenoxy) is 1. The summed E-state index contributed by atoms with van der Waals surface area (Å²) in [5.41, 5.74) is 2.09. The van der Waals surface area contributed by atoms with Gasteiger partial charge in [0.25, 0.3) is 0 Å². The van der Waals surface area contributed by atoms with Gasteiger partial charge in [-0.25, -0.2) is 0 Å². The van der Waals surface area contributed by atoms with E-state index >= 15 is 0 Å². The van der Waals surface area contributed by atoms with Crippen LogP contribution < -0.4 is 18.9 Å². The third-order valence-electron chi connectivity index (χ3n) is 2.62. The van der Waals surface area contributed by atoms with E-state index in [-0.39, 0.29) is 30.1 Å². The average Bonchev–Trinajstić information content (AvgIpc) is 2.20. The van der Waals surface area contributed by atoms with Gasteiger partial charge in [0.05, 0.1) is 5.60 Å². The average molecular weight is 182 g/mol. The maximum absolute atomic E-state index is 5.98. The monoisotopic (exact) mass is 182 g/mol. The normalized spacial score (nSPS) is 21.1. The van der Waals surface area contributed by atoms with Gasteiger partial charge in [-0.05, 0) is 27.7 Å². The summed E-state index contributed by atoms with van der Waals surface area (Å²) in [7, 11) is 0. The fourth-order valence-corrected chi connectivity index (χ4v) is 2.18. The summed E-state index contributed by atoms with van der Waals surface area (Å²) in [6.45, 7) is 8.40. The van der Waals surface area contributed by atoms with E-state index in [1.165, 1.54) is 11.1 Å². The second-order valence-electron chi connectivity index (χ2n) is 4.58. The smallest absolute Gasteiger partial charge is 0.375 e. The summed E-state index contributed by atoms with van der Waals surface area (Å²) in [5, 5.41) is 0. The van der Waals surface area contributed by atoms with Crippen molar-refractivity contribution in [2.45, 2.75) is 38.9 Å². The summed E-state index contributed by atoms with van der Waals surface area (Å²) in [6.07, 6.45) is 0. The Balaban J connectivity index is 0.000000980. The predicted octanol–water partition coefficient (Wildman–Crippen LogP) is -0.00881. The van der Waals surface area contributed by atoms with Crippen LogP contribution in [0.1, 0.15) is 38.8 Å². The van der Waals surface area contributed by atoms with Gasteiger partial charge in [-0.3, -0.25) is 0 Å². The Morgan fingerprint density at radius 3 is 2.36 bits per heavy atom. The van der Waals surface area contributed by atoms with Gasteiger partial charge in [-0.1, -0.05) is 0 Å². The van der Waals surface area contributed by atoms with Crippen molar-refractivity contribution in [3.63, 3.8) is 0 Å². The standard InChI is InChI=1S/C12H15O.Li/c1-11(2)9-7-5-6-8-10(9)12(3,4)13-11;/h5-7H,1-4H3;/q-1;+1. The molecule has 2 heteroatoms. The molecule has 1 heterocycles. The molecule has 0 radical (unpaired) electrons. The van der Waals surface area contributed by atoms with Crippen LogP contribution in [0.3, 0.4) is 0 Å². The third kappa shape index (κ3) is 1.65. The molecule has 0 amide bonds. The van der Waals surface area contributed by atoms with Crippen molar-refractivity contribution in [2.75, 3.05) is 0 Å². The quantitative estimate of drug-likeness (QED) is 0.405. The van der Waals surface area contributed by atoms with Crippen LogP contribution in [-0.4, -0.2) is 0 Å². The molecule has 2 rings (SSSR count). The molecule has 70 valence electrons. The molecule has 0 aliphatic carbocycles. The van der Waals surface area contributed by atoms with Gasteiger partial charge in [-0.15, -0.1) is 11.1 Å². The summed E-state index contributed by atoms with van der Waals surface area (Å²) in [6, 6.07) is 9.36. The molecular weight excluding hydrogens is 167 g/mol. The van der Waals surface area contributed by atoms with E-state index in [1.807, 2.05) is 12.1 Å². The fraction of sp³-hybridized carbons (Fsp3) is 0.500. The molecule has 0 aromatic heterocycles. The molecule has 0 spiro atoms. The first-order chi connectivity index (χ1) is 5.93. The first-order valence-corrected chi connectivity index (χ1v) is 4.65. The van der Waals surface area contributed by atoms with Gasteiger partial charge in [-0.2, -0.15) is 24.3 Å². The first kappa shape index (κ1) is 11.8. The van der Waals surface area contributed by atoms with Crippen LogP contribution in [0.25, 0.3) is 0 Å². The van der Waals surface area contributed by atoms with Crippen LogP contribution in [0.2, 0.25) is 0 Å². The van der Waals surface area contributed by atoms with Crippen molar-refractivity contribution in [1.82, 2.24) is 0 Å². The van der Waals surface area contributed by atoms with Crippen LogP contribution in [0.15, 0.2) is 18.2 Å². The molecule has 0 atom stereocenters. The van der Waals surface area contributed by atoms with Crippen LogP contribution in [-0.2, 0) is 15.9 Å². The van der Waals surface area contributed by atoms with E-state index in [0.29, 0.717) is 0 Å². The molecule has 0 unspecified atom stereocenters. The van der Waals surface area contributed by atoms with Gasteiger partial charge >= 0.3 is 18.9 Å². The van der Waals surface area contributed by atoms with E-state index in [0.717, 1.165) is 0 Å². The topological polar surface area (TPSA) is 9.23 Å².